The van der Waals surface area contributed by atoms with E-state index in [0.29, 0.717) is 12.1 Å². The number of unbranched alkanes of at least 4 members (excludes halogenated alkanes) is 1. The van der Waals surface area contributed by atoms with Crippen molar-refractivity contribution in [2.75, 3.05) is 6.54 Å². The number of rotatable bonds is 8. The van der Waals surface area contributed by atoms with E-state index in [1.165, 1.54) is 24.3 Å². The van der Waals surface area contributed by atoms with Crippen molar-refractivity contribution in [1.82, 2.24) is 9.71 Å². The van der Waals surface area contributed by atoms with Gasteiger partial charge in [0.05, 0.1) is 5.75 Å². The molecule has 0 radical (unpaired) electrons. The first kappa shape index (κ1) is 16.6. The second-order valence-corrected chi connectivity index (χ2v) is 6.91. The van der Waals surface area contributed by atoms with Crippen LogP contribution in [0.15, 0.2) is 48.8 Å². The summed E-state index contributed by atoms with van der Waals surface area (Å²) in [5.74, 6) is -0.500. The van der Waals surface area contributed by atoms with Crippen molar-refractivity contribution < 1.29 is 12.8 Å². The van der Waals surface area contributed by atoms with E-state index in [4.69, 9.17) is 0 Å². The molecule has 22 heavy (non-hydrogen) atoms. The van der Waals surface area contributed by atoms with Crippen molar-refractivity contribution in [2.24, 2.45) is 0 Å². The van der Waals surface area contributed by atoms with Gasteiger partial charge in [-0.3, -0.25) is 4.98 Å². The predicted octanol–water partition coefficient (Wildman–Crippen LogP) is 2.66. The van der Waals surface area contributed by atoms with Crippen molar-refractivity contribution in [2.45, 2.75) is 25.0 Å². The highest BCUT2D eigenvalue weighted by atomic mass is 32.2. The smallest absolute Gasteiger partial charge is 0.215 e. The van der Waals surface area contributed by atoms with Crippen LogP contribution in [0.5, 0.6) is 0 Å². The third-order valence-corrected chi connectivity index (χ3v) is 4.56. The number of pyridine rings is 1. The summed E-state index contributed by atoms with van der Waals surface area (Å²) >= 11 is 0. The Hall–Kier alpha value is -1.79. The number of sulfonamides is 1. The summed E-state index contributed by atoms with van der Waals surface area (Å²) in [6.45, 7) is 0.407. The van der Waals surface area contributed by atoms with Gasteiger partial charge < -0.3 is 0 Å². The molecule has 0 fully saturated rings. The molecule has 2 rings (SSSR count). The fourth-order valence-electron chi connectivity index (χ4n) is 2.08. The molecule has 0 spiro atoms. The SMILES string of the molecule is O=S(=O)(Cc1ccc(F)cc1)NCCCCc1cccnc1. The van der Waals surface area contributed by atoms with Gasteiger partial charge in [0.1, 0.15) is 5.82 Å². The van der Waals surface area contributed by atoms with Crippen LogP contribution < -0.4 is 4.72 Å². The molecule has 2 aromatic rings. The minimum atomic E-state index is -3.38. The quantitative estimate of drug-likeness (QED) is 0.760. The second kappa shape index (κ2) is 8.00. The van der Waals surface area contributed by atoms with E-state index in [2.05, 4.69) is 9.71 Å². The van der Waals surface area contributed by atoms with Gasteiger partial charge in [-0.2, -0.15) is 0 Å². The summed E-state index contributed by atoms with van der Waals surface area (Å²) in [6.07, 6.45) is 6.08. The number of halogens is 1. The fourth-order valence-corrected chi connectivity index (χ4v) is 3.27. The maximum Gasteiger partial charge on any atom is 0.215 e. The molecule has 0 unspecified atom stereocenters. The van der Waals surface area contributed by atoms with Gasteiger partial charge in [0.25, 0.3) is 0 Å². The van der Waals surface area contributed by atoms with E-state index in [-0.39, 0.29) is 11.6 Å². The van der Waals surface area contributed by atoms with Crippen molar-refractivity contribution in [1.29, 1.82) is 0 Å². The average molecular weight is 322 g/mol. The molecular weight excluding hydrogens is 303 g/mol. The highest BCUT2D eigenvalue weighted by molar-refractivity contribution is 7.88. The lowest BCUT2D eigenvalue weighted by Gasteiger charge is -2.07. The summed E-state index contributed by atoms with van der Waals surface area (Å²) < 4.78 is 39.2. The van der Waals surface area contributed by atoms with Gasteiger partial charge in [-0.05, 0) is 48.6 Å². The van der Waals surface area contributed by atoms with Gasteiger partial charge in [-0.25, -0.2) is 17.5 Å². The van der Waals surface area contributed by atoms with Crippen LogP contribution >= 0.6 is 0 Å². The predicted molar refractivity (Wildman–Crippen MR) is 84.2 cm³/mol. The molecule has 1 aromatic carbocycles. The van der Waals surface area contributed by atoms with Crippen molar-refractivity contribution in [3.05, 3.63) is 65.7 Å². The Labute approximate surface area is 130 Å². The molecule has 6 heteroatoms. The number of nitrogens with zero attached hydrogens (tertiary/aromatic N) is 1. The molecular formula is C16H19FN2O2S. The minimum Gasteiger partial charge on any atom is -0.264 e. The monoisotopic (exact) mass is 322 g/mol. The van der Waals surface area contributed by atoms with E-state index in [0.717, 1.165) is 24.8 Å². The molecule has 0 atom stereocenters. The Morgan fingerprint density at radius 1 is 1.05 bits per heavy atom. The molecule has 0 saturated carbocycles. The first-order chi connectivity index (χ1) is 10.6. The van der Waals surface area contributed by atoms with Gasteiger partial charge in [-0.1, -0.05) is 18.2 Å². The standard InChI is InChI=1S/C16H19FN2O2S/c17-16-8-6-15(7-9-16)13-22(20,21)19-11-2-1-4-14-5-3-10-18-12-14/h3,5-10,12,19H,1-2,4,11,13H2. The molecule has 0 amide bonds. The highest BCUT2D eigenvalue weighted by Gasteiger charge is 2.10. The Morgan fingerprint density at radius 3 is 2.50 bits per heavy atom. The Kier molecular flexibility index (Phi) is 6.03. The lowest BCUT2D eigenvalue weighted by atomic mass is 10.1. The molecule has 4 nitrogen and oxygen atoms in total. The summed E-state index contributed by atoms with van der Waals surface area (Å²) in [5.41, 5.74) is 1.72. The summed E-state index contributed by atoms with van der Waals surface area (Å²) in [6, 6.07) is 9.39. The lowest BCUT2D eigenvalue weighted by Crippen LogP contribution is -2.26. The third-order valence-electron chi connectivity index (χ3n) is 3.21. The highest BCUT2D eigenvalue weighted by Crippen LogP contribution is 2.07. The normalized spacial score (nSPS) is 11.5. The van der Waals surface area contributed by atoms with E-state index >= 15 is 0 Å². The molecule has 0 bridgehead atoms. The number of benzene rings is 1. The fraction of sp³-hybridized carbons (Fsp3) is 0.312. The first-order valence-corrected chi connectivity index (χ1v) is 8.81. The largest absolute Gasteiger partial charge is 0.264 e. The topological polar surface area (TPSA) is 59.1 Å². The minimum absolute atomic E-state index is 0.129. The number of nitrogens with one attached hydrogen (secondary N) is 1. The van der Waals surface area contributed by atoms with Crippen LogP contribution in [-0.4, -0.2) is 19.9 Å². The Bertz CT molecular complexity index is 673. The van der Waals surface area contributed by atoms with Crippen molar-refractivity contribution >= 4 is 10.0 Å². The van der Waals surface area contributed by atoms with Crippen LogP contribution in [0.25, 0.3) is 0 Å². The van der Waals surface area contributed by atoms with Gasteiger partial charge in [0.2, 0.25) is 10.0 Å². The summed E-state index contributed by atoms with van der Waals surface area (Å²) in [4.78, 5) is 4.04. The van der Waals surface area contributed by atoms with Crippen LogP contribution in [0.4, 0.5) is 4.39 Å². The zero-order valence-electron chi connectivity index (χ0n) is 12.2. The second-order valence-electron chi connectivity index (χ2n) is 5.10. The third kappa shape index (κ3) is 5.91. The average Bonchev–Trinajstić information content (AvgIpc) is 2.50. The molecule has 1 heterocycles. The molecule has 0 saturated heterocycles. The maximum atomic E-state index is 12.8. The van der Waals surface area contributed by atoms with Gasteiger partial charge in [-0.15, -0.1) is 0 Å². The number of aryl methyl sites for hydroxylation is 1. The Balaban J connectivity index is 1.70. The van der Waals surface area contributed by atoms with Gasteiger partial charge in [0.15, 0.2) is 0 Å². The summed E-state index contributed by atoms with van der Waals surface area (Å²) in [7, 11) is -3.38. The van der Waals surface area contributed by atoms with Crippen molar-refractivity contribution in [3.63, 3.8) is 0 Å². The number of hydrogen-bond donors (Lipinski definition) is 1. The number of aromatic nitrogens is 1. The molecule has 1 N–H and O–H groups in total. The lowest BCUT2D eigenvalue weighted by molar-refractivity contribution is 0.575. The summed E-state index contributed by atoms with van der Waals surface area (Å²) in [5, 5.41) is 0. The van der Waals surface area contributed by atoms with E-state index in [9.17, 15) is 12.8 Å². The molecule has 0 aliphatic carbocycles. The molecule has 118 valence electrons. The number of hydrogen-bond acceptors (Lipinski definition) is 3. The zero-order valence-corrected chi connectivity index (χ0v) is 13.0. The van der Waals surface area contributed by atoms with Crippen LogP contribution in [0.3, 0.4) is 0 Å². The van der Waals surface area contributed by atoms with Crippen LogP contribution in [-0.2, 0) is 22.2 Å². The van der Waals surface area contributed by atoms with Crippen molar-refractivity contribution in [3.8, 4) is 0 Å². The van der Waals surface area contributed by atoms with Gasteiger partial charge >= 0.3 is 0 Å². The molecule has 0 aliphatic rings. The molecule has 0 aliphatic heterocycles. The van der Waals surface area contributed by atoms with Gasteiger partial charge in [0, 0.05) is 18.9 Å². The van der Waals surface area contributed by atoms with E-state index < -0.39 is 10.0 Å². The molecule has 1 aromatic heterocycles. The zero-order chi connectivity index (χ0) is 15.8. The van der Waals surface area contributed by atoms with Crippen LogP contribution in [0.1, 0.15) is 24.0 Å². The maximum absolute atomic E-state index is 12.8. The van der Waals surface area contributed by atoms with E-state index in [1.807, 2.05) is 18.3 Å². The van der Waals surface area contributed by atoms with Crippen LogP contribution in [0, 0.1) is 5.82 Å². The van der Waals surface area contributed by atoms with Crippen LogP contribution in [0.2, 0.25) is 0 Å². The van der Waals surface area contributed by atoms with E-state index in [1.54, 1.807) is 6.20 Å². The Morgan fingerprint density at radius 2 is 1.82 bits per heavy atom. The first-order valence-electron chi connectivity index (χ1n) is 7.16.